The molecule has 2 fully saturated rings. The molecule has 1 heterocycles. The van der Waals surface area contributed by atoms with Gasteiger partial charge in [0.1, 0.15) is 5.75 Å². The van der Waals surface area contributed by atoms with Crippen LogP contribution < -0.4 is 4.74 Å². The number of carbonyl (C=O) groups excluding carboxylic acids is 1. The third-order valence-corrected chi connectivity index (χ3v) is 6.20. The molecule has 1 saturated carbocycles. The van der Waals surface area contributed by atoms with Gasteiger partial charge in [0, 0.05) is 31.0 Å². The van der Waals surface area contributed by atoms with Crippen LogP contribution in [0.5, 0.6) is 5.75 Å². The number of hydrogen-bond acceptors (Lipinski definition) is 3. The molecular weight excluding hydrogens is 358 g/mol. The summed E-state index contributed by atoms with van der Waals surface area (Å²) in [5.74, 6) is 1.31. The molecule has 0 bridgehead atoms. The van der Waals surface area contributed by atoms with Gasteiger partial charge in [0.15, 0.2) is 0 Å². The van der Waals surface area contributed by atoms with E-state index in [1.54, 1.807) is 7.11 Å². The fourth-order valence-corrected chi connectivity index (χ4v) is 4.69. The molecule has 0 radical (unpaired) electrons. The summed E-state index contributed by atoms with van der Waals surface area (Å²) in [7, 11) is 1.65. The van der Waals surface area contributed by atoms with Crippen LogP contribution in [0.15, 0.2) is 22.7 Å². The molecule has 0 aromatic heterocycles. The molecule has 1 N–H and O–H groups in total. The van der Waals surface area contributed by atoms with Crippen LogP contribution in [-0.2, 0) is 11.2 Å². The highest BCUT2D eigenvalue weighted by Crippen LogP contribution is 2.49. The third kappa shape index (κ3) is 3.01. The summed E-state index contributed by atoms with van der Waals surface area (Å²) in [6.45, 7) is 1.01. The highest BCUT2D eigenvalue weighted by atomic mass is 79.9. The zero-order chi connectivity index (χ0) is 16.4. The van der Waals surface area contributed by atoms with E-state index in [-0.39, 0.29) is 24.0 Å². The van der Waals surface area contributed by atoms with Crippen molar-refractivity contribution in [2.45, 2.75) is 44.1 Å². The number of likely N-dealkylation sites (tertiary alicyclic amines) is 1. The van der Waals surface area contributed by atoms with Crippen LogP contribution in [0.25, 0.3) is 0 Å². The monoisotopic (exact) mass is 381 g/mol. The first-order valence-electron chi connectivity index (χ1n) is 8.34. The first-order valence-corrected chi connectivity index (χ1v) is 9.14. The maximum absolute atomic E-state index is 12.7. The molecule has 1 amide bonds. The SMILES string of the molecule is COc1ccc(CCC(=O)N2CCC(CO)C23CCC3)cc1Br. The number of ether oxygens (including phenoxy) is 1. The van der Waals surface area contributed by atoms with Crippen LogP contribution in [0.2, 0.25) is 0 Å². The normalized spacial score (nSPS) is 22.2. The Morgan fingerprint density at radius 1 is 1.48 bits per heavy atom. The van der Waals surface area contributed by atoms with Gasteiger partial charge >= 0.3 is 0 Å². The molecule has 1 aliphatic heterocycles. The molecule has 1 atom stereocenters. The Morgan fingerprint density at radius 3 is 2.83 bits per heavy atom. The van der Waals surface area contributed by atoms with E-state index in [0.717, 1.165) is 48.0 Å². The van der Waals surface area contributed by atoms with Crippen molar-refractivity contribution in [3.63, 3.8) is 0 Å². The maximum atomic E-state index is 12.7. The predicted molar refractivity (Wildman–Crippen MR) is 92.5 cm³/mol. The average molecular weight is 382 g/mol. The van der Waals surface area contributed by atoms with Gasteiger partial charge in [-0.2, -0.15) is 0 Å². The zero-order valence-corrected chi connectivity index (χ0v) is 15.1. The largest absolute Gasteiger partial charge is 0.496 e. The van der Waals surface area contributed by atoms with Gasteiger partial charge in [-0.15, -0.1) is 0 Å². The summed E-state index contributed by atoms with van der Waals surface area (Å²) in [4.78, 5) is 14.8. The molecule has 2 aliphatic rings. The predicted octanol–water partition coefficient (Wildman–Crippen LogP) is 3.15. The Bertz CT molecular complexity index is 586. The van der Waals surface area contributed by atoms with E-state index < -0.39 is 0 Å². The van der Waals surface area contributed by atoms with E-state index in [9.17, 15) is 9.90 Å². The molecule has 23 heavy (non-hydrogen) atoms. The van der Waals surface area contributed by atoms with Crippen LogP contribution in [0.1, 0.15) is 37.7 Å². The molecule has 1 saturated heterocycles. The standard InChI is InChI=1S/C18H24BrNO3/c1-23-16-5-3-13(11-15(16)19)4-6-17(22)20-10-7-14(12-21)18(20)8-2-9-18/h3,5,11,14,21H,2,4,6-10,12H2,1H3. The molecular formula is C18H24BrNO3. The molecule has 1 aliphatic carbocycles. The van der Waals surface area contributed by atoms with E-state index in [2.05, 4.69) is 20.8 Å². The number of rotatable bonds is 5. The van der Waals surface area contributed by atoms with Gasteiger partial charge in [-0.05, 0) is 65.7 Å². The lowest BCUT2D eigenvalue weighted by atomic mass is 9.68. The number of halogens is 1. The lowest BCUT2D eigenvalue weighted by Gasteiger charge is -2.49. The first kappa shape index (κ1) is 16.8. The average Bonchev–Trinajstić information content (AvgIpc) is 2.92. The minimum atomic E-state index is -0.0354. The summed E-state index contributed by atoms with van der Waals surface area (Å²) in [6, 6.07) is 5.96. The Kier molecular flexibility index (Phi) is 4.97. The van der Waals surface area contributed by atoms with Gasteiger partial charge in [-0.1, -0.05) is 6.07 Å². The number of nitrogens with zero attached hydrogens (tertiary/aromatic N) is 1. The number of hydrogen-bond donors (Lipinski definition) is 1. The fraction of sp³-hybridized carbons (Fsp3) is 0.611. The summed E-state index contributed by atoms with van der Waals surface area (Å²) >= 11 is 3.49. The number of methoxy groups -OCH3 is 1. The van der Waals surface area contributed by atoms with Crippen molar-refractivity contribution in [2.24, 2.45) is 5.92 Å². The van der Waals surface area contributed by atoms with Crippen LogP contribution >= 0.6 is 15.9 Å². The van der Waals surface area contributed by atoms with Gasteiger partial charge < -0.3 is 14.7 Å². The van der Waals surface area contributed by atoms with Crippen molar-refractivity contribution in [3.8, 4) is 5.75 Å². The molecule has 5 heteroatoms. The number of carbonyl (C=O) groups is 1. The van der Waals surface area contributed by atoms with E-state index >= 15 is 0 Å². The second kappa shape index (κ2) is 6.81. The number of amides is 1. The van der Waals surface area contributed by atoms with Crippen LogP contribution in [0, 0.1) is 5.92 Å². The topological polar surface area (TPSA) is 49.8 Å². The molecule has 4 nitrogen and oxygen atoms in total. The molecule has 3 rings (SSSR count). The number of aliphatic hydroxyl groups excluding tert-OH is 1. The molecule has 126 valence electrons. The van der Waals surface area contributed by atoms with Gasteiger partial charge in [0.25, 0.3) is 0 Å². The lowest BCUT2D eigenvalue weighted by Crippen LogP contribution is -2.56. The van der Waals surface area contributed by atoms with Gasteiger partial charge in [0.05, 0.1) is 11.6 Å². The van der Waals surface area contributed by atoms with Crippen LogP contribution in [-0.4, -0.2) is 41.7 Å². The van der Waals surface area contributed by atoms with Crippen molar-refractivity contribution < 1.29 is 14.6 Å². The van der Waals surface area contributed by atoms with E-state index in [1.165, 1.54) is 6.42 Å². The first-order chi connectivity index (χ1) is 11.1. The summed E-state index contributed by atoms with van der Waals surface area (Å²) < 4.78 is 6.15. The van der Waals surface area contributed by atoms with E-state index in [0.29, 0.717) is 6.42 Å². The molecule has 1 aromatic carbocycles. The quantitative estimate of drug-likeness (QED) is 0.851. The van der Waals surface area contributed by atoms with E-state index in [4.69, 9.17) is 4.74 Å². The van der Waals surface area contributed by atoms with Crippen LogP contribution in [0.3, 0.4) is 0 Å². The second-order valence-electron chi connectivity index (χ2n) is 6.64. The summed E-state index contributed by atoms with van der Waals surface area (Å²) in [5, 5.41) is 9.60. The van der Waals surface area contributed by atoms with Gasteiger partial charge in [0.2, 0.25) is 5.91 Å². The number of benzene rings is 1. The van der Waals surface area contributed by atoms with Crippen molar-refractivity contribution >= 4 is 21.8 Å². The summed E-state index contributed by atoms with van der Waals surface area (Å²) in [5.41, 5.74) is 1.10. The third-order valence-electron chi connectivity index (χ3n) is 5.58. The molecule has 1 spiro atoms. The Hall–Kier alpha value is -1.07. The van der Waals surface area contributed by atoms with Gasteiger partial charge in [-0.3, -0.25) is 4.79 Å². The van der Waals surface area contributed by atoms with Gasteiger partial charge in [-0.25, -0.2) is 0 Å². The second-order valence-corrected chi connectivity index (χ2v) is 7.49. The minimum Gasteiger partial charge on any atom is -0.496 e. The van der Waals surface area contributed by atoms with Crippen molar-refractivity contribution in [3.05, 3.63) is 28.2 Å². The maximum Gasteiger partial charge on any atom is 0.223 e. The van der Waals surface area contributed by atoms with Crippen molar-refractivity contribution in [1.29, 1.82) is 0 Å². The smallest absolute Gasteiger partial charge is 0.223 e. The highest BCUT2D eigenvalue weighted by molar-refractivity contribution is 9.10. The number of aryl methyl sites for hydroxylation is 1. The van der Waals surface area contributed by atoms with Crippen molar-refractivity contribution in [2.75, 3.05) is 20.3 Å². The lowest BCUT2D eigenvalue weighted by molar-refractivity contribution is -0.140. The highest BCUT2D eigenvalue weighted by Gasteiger charge is 2.53. The number of aliphatic hydroxyl groups is 1. The fourth-order valence-electron chi connectivity index (χ4n) is 4.10. The van der Waals surface area contributed by atoms with E-state index in [1.807, 2.05) is 18.2 Å². The van der Waals surface area contributed by atoms with Crippen LogP contribution in [0.4, 0.5) is 0 Å². The Balaban J connectivity index is 1.62. The Morgan fingerprint density at radius 2 is 2.26 bits per heavy atom. The zero-order valence-electron chi connectivity index (χ0n) is 13.6. The Labute approximate surface area is 145 Å². The molecule has 1 unspecified atom stereocenters. The molecule has 1 aromatic rings. The summed E-state index contributed by atoms with van der Waals surface area (Å²) in [6.07, 6.45) is 5.48. The van der Waals surface area contributed by atoms with Crippen molar-refractivity contribution in [1.82, 2.24) is 4.90 Å². The minimum absolute atomic E-state index is 0.0354.